The number of allylic oxidation sites excluding steroid dienone is 1. The molecule has 0 fully saturated rings. The van der Waals surface area contributed by atoms with Gasteiger partial charge in [-0.2, -0.15) is 5.26 Å². The number of fused-ring (bicyclic) bond motifs is 2. The van der Waals surface area contributed by atoms with Crippen LogP contribution >= 0.6 is 0 Å². The second kappa shape index (κ2) is 6.94. The van der Waals surface area contributed by atoms with Gasteiger partial charge >= 0.3 is 0 Å². The van der Waals surface area contributed by atoms with E-state index in [0.29, 0.717) is 16.8 Å². The highest BCUT2D eigenvalue weighted by atomic mass is 19.1. The summed E-state index contributed by atoms with van der Waals surface area (Å²) in [5, 5.41) is 13.2. The van der Waals surface area contributed by atoms with Crippen molar-refractivity contribution in [1.29, 1.82) is 5.26 Å². The van der Waals surface area contributed by atoms with Crippen molar-refractivity contribution >= 4 is 22.8 Å². The second-order valence-corrected chi connectivity index (χ2v) is 7.06. The van der Waals surface area contributed by atoms with Gasteiger partial charge < -0.3 is 5.32 Å². The summed E-state index contributed by atoms with van der Waals surface area (Å²) in [5.41, 5.74) is 6.28. The van der Waals surface area contributed by atoms with Gasteiger partial charge in [0.15, 0.2) is 0 Å². The predicted molar refractivity (Wildman–Crippen MR) is 117 cm³/mol. The smallest absolute Gasteiger partial charge is 0.142 e. The Hall–Kier alpha value is -4.30. The number of benzene rings is 2. The molecule has 1 N–H and O–H groups in total. The molecule has 0 amide bonds. The van der Waals surface area contributed by atoms with Crippen LogP contribution in [-0.2, 0) is 0 Å². The fourth-order valence-electron chi connectivity index (χ4n) is 3.59. The lowest BCUT2D eigenvalue weighted by molar-refractivity contribution is 0.624. The quantitative estimate of drug-likeness (QED) is 0.461. The molecule has 0 saturated carbocycles. The molecule has 3 heterocycles. The molecular formula is C25H15FN4. The van der Waals surface area contributed by atoms with Gasteiger partial charge in [-0.05, 0) is 54.1 Å². The van der Waals surface area contributed by atoms with Crippen LogP contribution in [0.1, 0.15) is 11.1 Å². The maximum Gasteiger partial charge on any atom is 0.142 e. The van der Waals surface area contributed by atoms with E-state index in [1.54, 1.807) is 6.07 Å². The maximum atomic E-state index is 13.7. The number of nitrogens with one attached hydrogen (secondary N) is 1. The molecule has 0 unspecified atom stereocenters. The molecule has 0 spiro atoms. The van der Waals surface area contributed by atoms with Gasteiger partial charge in [-0.25, -0.2) is 9.37 Å². The van der Waals surface area contributed by atoms with Crippen LogP contribution in [0, 0.1) is 17.1 Å². The van der Waals surface area contributed by atoms with Gasteiger partial charge in [0.05, 0.1) is 29.0 Å². The van der Waals surface area contributed by atoms with Gasteiger partial charge in [0.1, 0.15) is 11.6 Å². The molecule has 5 heteroatoms. The SMILES string of the molecule is C=C1C=Cc2cc(-c3ccc4ncc(F)cc4c3)c(-c3cccc(C#N)c3)nc2N1. The third kappa shape index (κ3) is 3.11. The second-order valence-electron chi connectivity index (χ2n) is 7.06. The van der Waals surface area contributed by atoms with Crippen LogP contribution in [-0.4, -0.2) is 9.97 Å². The van der Waals surface area contributed by atoms with Crippen LogP contribution in [0.2, 0.25) is 0 Å². The Morgan fingerprint density at radius 2 is 1.90 bits per heavy atom. The first-order valence-electron chi connectivity index (χ1n) is 9.36. The summed E-state index contributed by atoms with van der Waals surface area (Å²) >= 11 is 0. The zero-order valence-electron chi connectivity index (χ0n) is 15.9. The Morgan fingerprint density at radius 1 is 1.00 bits per heavy atom. The Kier molecular flexibility index (Phi) is 4.11. The third-order valence-electron chi connectivity index (χ3n) is 5.02. The molecule has 4 aromatic rings. The zero-order valence-corrected chi connectivity index (χ0v) is 15.9. The lowest BCUT2D eigenvalue weighted by atomic mass is 9.95. The first-order valence-corrected chi connectivity index (χ1v) is 9.36. The maximum absolute atomic E-state index is 13.7. The summed E-state index contributed by atoms with van der Waals surface area (Å²) in [6, 6.07) is 18.8. The van der Waals surface area contributed by atoms with Crippen molar-refractivity contribution in [2.24, 2.45) is 0 Å². The van der Waals surface area contributed by atoms with Crippen molar-refractivity contribution in [3.05, 3.63) is 96.1 Å². The van der Waals surface area contributed by atoms with E-state index < -0.39 is 0 Å². The van der Waals surface area contributed by atoms with Crippen molar-refractivity contribution in [3.63, 3.8) is 0 Å². The molecule has 0 atom stereocenters. The number of hydrogen-bond donors (Lipinski definition) is 1. The van der Waals surface area contributed by atoms with E-state index >= 15 is 0 Å². The Labute approximate surface area is 172 Å². The first kappa shape index (κ1) is 17.8. The van der Waals surface area contributed by atoms with E-state index in [0.717, 1.165) is 39.2 Å². The lowest BCUT2D eigenvalue weighted by Gasteiger charge is -2.19. The summed E-state index contributed by atoms with van der Waals surface area (Å²) in [4.78, 5) is 9.00. The van der Waals surface area contributed by atoms with E-state index in [9.17, 15) is 9.65 Å². The molecule has 30 heavy (non-hydrogen) atoms. The molecule has 0 saturated heterocycles. The predicted octanol–water partition coefficient (Wildman–Crippen LogP) is 5.93. The average Bonchev–Trinajstić information content (AvgIpc) is 2.77. The third-order valence-corrected chi connectivity index (χ3v) is 5.02. The Bertz CT molecular complexity index is 1410. The Morgan fingerprint density at radius 3 is 2.77 bits per heavy atom. The topological polar surface area (TPSA) is 61.6 Å². The number of hydrogen-bond acceptors (Lipinski definition) is 4. The molecule has 0 bridgehead atoms. The summed E-state index contributed by atoms with van der Waals surface area (Å²) in [7, 11) is 0. The molecule has 2 aromatic carbocycles. The van der Waals surface area contributed by atoms with E-state index in [1.165, 1.54) is 12.3 Å². The minimum Gasteiger partial charge on any atom is -0.340 e. The van der Waals surface area contributed by atoms with Gasteiger partial charge in [0, 0.05) is 27.8 Å². The molecule has 1 aliphatic rings. The molecule has 2 aromatic heterocycles. The minimum absolute atomic E-state index is 0.379. The lowest BCUT2D eigenvalue weighted by Crippen LogP contribution is -2.06. The number of halogens is 1. The highest BCUT2D eigenvalue weighted by molar-refractivity contribution is 5.91. The normalized spacial score (nSPS) is 12.3. The standard InChI is InChI=1S/C25H15FN4/c1-15-5-6-19-12-22(17-7-8-23-20(10-17)11-21(26)14-28-23)24(30-25(19)29-15)18-4-2-3-16(9-18)13-27/h2-12,14H,1H2,(H,29,30). The molecule has 4 nitrogen and oxygen atoms in total. The molecule has 1 aliphatic heterocycles. The van der Waals surface area contributed by atoms with Crippen molar-refractivity contribution in [3.8, 4) is 28.5 Å². The molecule has 5 rings (SSSR count). The van der Waals surface area contributed by atoms with Crippen molar-refractivity contribution in [2.45, 2.75) is 0 Å². The van der Waals surface area contributed by atoms with Gasteiger partial charge in [-0.15, -0.1) is 0 Å². The van der Waals surface area contributed by atoms with Crippen LogP contribution < -0.4 is 5.32 Å². The fraction of sp³-hybridized carbons (Fsp3) is 0. The van der Waals surface area contributed by atoms with E-state index in [2.05, 4.69) is 22.9 Å². The number of aromatic nitrogens is 2. The minimum atomic E-state index is -0.379. The van der Waals surface area contributed by atoms with Crippen molar-refractivity contribution in [1.82, 2.24) is 9.97 Å². The number of nitriles is 1. The molecule has 0 aliphatic carbocycles. The van der Waals surface area contributed by atoms with Gasteiger partial charge in [-0.1, -0.05) is 24.8 Å². The number of rotatable bonds is 2. The fourth-order valence-corrected chi connectivity index (χ4v) is 3.59. The van der Waals surface area contributed by atoms with Crippen LogP contribution in [0.15, 0.2) is 79.1 Å². The van der Waals surface area contributed by atoms with Crippen LogP contribution in [0.5, 0.6) is 0 Å². The highest BCUT2D eigenvalue weighted by Crippen LogP contribution is 2.37. The average molecular weight is 390 g/mol. The van der Waals surface area contributed by atoms with Crippen LogP contribution in [0.3, 0.4) is 0 Å². The van der Waals surface area contributed by atoms with Gasteiger partial charge in [-0.3, -0.25) is 4.98 Å². The van der Waals surface area contributed by atoms with E-state index in [1.807, 2.05) is 54.6 Å². The summed E-state index contributed by atoms with van der Waals surface area (Å²) in [6.07, 6.45) is 5.07. The van der Waals surface area contributed by atoms with E-state index in [4.69, 9.17) is 4.98 Å². The monoisotopic (exact) mass is 390 g/mol. The zero-order chi connectivity index (χ0) is 20.7. The highest BCUT2D eigenvalue weighted by Gasteiger charge is 2.17. The molecular weight excluding hydrogens is 375 g/mol. The number of pyridine rings is 2. The molecule has 0 radical (unpaired) electrons. The first-order chi connectivity index (χ1) is 14.6. The van der Waals surface area contributed by atoms with Crippen LogP contribution in [0.25, 0.3) is 39.4 Å². The Balaban J connectivity index is 1.77. The van der Waals surface area contributed by atoms with Crippen molar-refractivity contribution in [2.75, 3.05) is 5.32 Å². The summed E-state index contributed by atoms with van der Waals surface area (Å²) in [6.45, 7) is 3.94. The van der Waals surface area contributed by atoms with E-state index in [-0.39, 0.29) is 5.82 Å². The van der Waals surface area contributed by atoms with Gasteiger partial charge in [0.25, 0.3) is 0 Å². The summed E-state index contributed by atoms with van der Waals surface area (Å²) in [5.74, 6) is 0.327. The number of anilines is 1. The largest absolute Gasteiger partial charge is 0.340 e. The number of nitrogens with zero attached hydrogens (tertiary/aromatic N) is 3. The summed E-state index contributed by atoms with van der Waals surface area (Å²) < 4.78 is 13.7. The van der Waals surface area contributed by atoms with Gasteiger partial charge in [0.2, 0.25) is 0 Å². The van der Waals surface area contributed by atoms with Crippen molar-refractivity contribution < 1.29 is 4.39 Å². The molecule has 142 valence electrons. The van der Waals surface area contributed by atoms with Crippen LogP contribution in [0.4, 0.5) is 10.2 Å².